The lowest BCUT2D eigenvalue weighted by atomic mass is 10.3. The Morgan fingerprint density at radius 1 is 1.20 bits per heavy atom. The van der Waals surface area contributed by atoms with Crippen LogP contribution in [0.3, 0.4) is 0 Å². The van der Waals surface area contributed by atoms with Crippen molar-refractivity contribution in [3.63, 3.8) is 0 Å². The van der Waals surface area contributed by atoms with Crippen molar-refractivity contribution in [3.05, 3.63) is 30.1 Å². The quantitative estimate of drug-likeness (QED) is 0.637. The van der Waals surface area contributed by atoms with Crippen molar-refractivity contribution in [2.75, 3.05) is 0 Å². The molecule has 0 aliphatic rings. The minimum absolute atomic E-state index is 0. The molecule has 4 heteroatoms. The molecule has 1 rings (SSSR count). The Kier molecular flexibility index (Phi) is 3.76. The van der Waals surface area contributed by atoms with E-state index in [-0.39, 0.29) is 18.2 Å². The van der Waals surface area contributed by atoms with E-state index in [1.807, 2.05) is 0 Å². The molecule has 10 heavy (non-hydrogen) atoms. The minimum Gasteiger partial charge on any atom is -0.412 e. The van der Waals surface area contributed by atoms with Crippen molar-refractivity contribution in [1.29, 1.82) is 0 Å². The van der Waals surface area contributed by atoms with E-state index in [2.05, 4.69) is 4.84 Å². The third kappa shape index (κ3) is 2.21. The van der Waals surface area contributed by atoms with Gasteiger partial charge in [-0.05, 0) is 24.3 Å². The Morgan fingerprint density at radius 2 is 1.70 bits per heavy atom. The van der Waals surface area contributed by atoms with Gasteiger partial charge in [-0.3, -0.25) is 0 Å². The average molecular weight is 164 g/mol. The first-order valence-corrected chi connectivity index (χ1v) is 2.45. The summed E-state index contributed by atoms with van der Waals surface area (Å²) in [6.45, 7) is 0. The molecule has 2 N–H and O–H groups in total. The Morgan fingerprint density at radius 3 is 2.10 bits per heavy atom. The van der Waals surface area contributed by atoms with E-state index in [1.165, 1.54) is 24.3 Å². The molecule has 0 saturated heterocycles. The van der Waals surface area contributed by atoms with Gasteiger partial charge in [-0.15, -0.1) is 12.4 Å². The number of benzene rings is 1. The van der Waals surface area contributed by atoms with E-state index in [4.69, 9.17) is 5.90 Å². The molecule has 0 bridgehead atoms. The standard InChI is InChI=1S/C6H6FNO.ClH/c7-5-1-3-6(9-8)4-2-5;/h1-4H,8H2;1H. The Hall–Kier alpha value is -0.800. The Balaban J connectivity index is 0.000000810. The molecule has 0 spiro atoms. The Labute approximate surface area is 64.2 Å². The molecule has 0 aliphatic carbocycles. The van der Waals surface area contributed by atoms with Gasteiger partial charge >= 0.3 is 0 Å². The number of hydrogen-bond donors (Lipinski definition) is 1. The number of nitrogens with two attached hydrogens (primary N) is 1. The molecule has 2 nitrogen and oxygen atoms in total. The van der Waals surface area contributed by atoms with Crippen molar-refractivity contribution < 1.29 is 9.23 Å². The van der Waals surface area contributed by atoms with Crippen molar-refractivity contribution in [3.8, 4) is 5.75 Å². The first-order valence-electron chi connectivity index (χ1n) is 2.45. The highest BCUT2D eigenvalue weighted by Crippen LogP contribution is 2.08. The molecule has 0 unspecified atom stereocenters. The average Bonchev–Trinajstić information content (AvgIpc) is 1.90. The van der Waals surface area contributed by atoms with Gasteiger partial charge < -0.3 is 4.84 Å². The van der Waals surface area contributed by atoms with Gasteiger partial charge in [0, 0.05) is 0 Å². The van der Waals surface area contributed by atoms with Crippen LogP contribution in [0.1, 0.15) is 0 Å². The summed E-state index contributed by atoms with van der Waals surface area (Å²) in [6, 6.07) is 5.47. The van der Waals surface area contributed by atoms with Gasteiger partial charge in [0.2, 0.25) is 0 Å². The number of rotatable bonds is 1. The van der Waals surface area contributed by atoms with Crippen LogP contribution in [0.4, 0.5) is 4.39 Å². The number of halogens is 2. The SMILES string of the molecule is Cl.NOc1ccc(F)cc1. The molecule has 0 amide bonds. The third-order valence-electron chi connectivity index (χ3n) is 0.950. The molecule has 0 atom stereocenters. The van der Waals surface area contributed by atoms with Gasteiger partial charge in [0.05, 0.1) is 0 Å². The maximum atomic E-state index is 12.1. The van der Waals surface area contributed by atoms with Crippen LogP contribution in [0.25, 0.3) is 0 Å². The lowest BCUT2D eigenvalue weighted by molar-refractivity contribution is 0.334. The maximum Gasteiger partial charge on any atom is 0.147 e. The van der Waals surface area contributed by atoms with Gasteiger partial charge in [-0.1, -0.05) is 0 Å². The third-order valence-corrected chi connectivity index (χ3v) is 0.950. The van der Waals surface area contributed by atoms with E-state index in [1.54, 1.807) is 0 Å². The molecule has 0 saturated carbocycles. The van der Waals surface area contributed by atoms with Crippen LogP contribution in [-0.2, 0) is 0 Å². The van der Waals surface area contributed by atoms with Crippen LogP contribution in [0.2, 0.25) is 0 Å². The van der Waals surface area contributed by atoms with Gasteiger partial charge in [-0.2, -0.15) is 5.90 Å². The summed E-state index contributed by atoms with van der Waals surface area (Å²) in [5, 5.41) is 0. The largest absolute Gasteiger partial charge is 0.412 e. The van der Waals surface area contributed by atoms with Crippen LogP contribution in [-0.4, -0.2) is 0 Å². The topological polar surface area (TPSA) is 35.2 Å². The first kappa shape index (κ1) is 9.20. The van der Waals surface area contributed by atoms with E-state index < -0.39 is 0 Å². The van der Waals surface area contributed by atoms with Gasteiger partial charge in [0.1, 0.15) is 11.6 Å². The van der Waals surface area contributed by atoms with E-state index in [9.17, 15) is 4.39 Å². The summed E-state index contributed by atoms with van der Waals surface area (Å²) in [4.78, 5) is 4.30. The summed E-state index contributed by atoms with van der Waals surface area (Å²) in [5.74, 6) is 4.94. The van der Waals surface area contributed by atoms with Crippen molar-refractivity contribution >= 4 is 12.4 Å². The second-order valence-electron chi connectivity index (χ2n) is 1.57. The van der Waals surface area contributed by atoms with Crippen LogP contribution < -0.4 is 10.7 Å². The molecule has 0 aromatic heterocycles. The minimum atomic E-state index is -0.296. The zero-order valence-corrected chi connectivity index (χ0v) is 5.90. The van der Waals surface area contributed by atoms with Crippen LogP contribution in [0.5, 0.6) is 5.75 Å². The fraction of sp³-hybridized carbons (Fsp3) is 0. The highest BCUT2D eigenvalue weighted by molar-refractivity contribution is 5.85. The van der Waals surface area contributed by atoms with Gasteiger partial charge in [0.15, 0.2) is 0 Å². The van der Waals surface area contributed by atoms with Crippen LogP contribution >= 0.6 is 12.4 Å². The molecule has 0 heterocycles. The fourth-order valence-corrected chi connectivity index (χ4v) is 0.513. The lowest BCUT2D eigenvalue weighted by Crippen LogP contribution is -2.00. The number of hydrogen-bond acceptors (Lipinski definition) is 2. The second-order valence-corrected chi connectivity index (χ2v) is 1.57. The summed E-state index contributed by atoms with van der Waals surface area (Å²) in [6.07, 6.45) is 0. The van der Waals surface area contributed by atoms with Crippen LogP contribution in [0, 0.1) is 5.82 Å². The van der Waals surface area contributed by atoms with E-state index in [0.29, 0.717) is 5.75 Å². The van der Waals surface area contributed by atoms with Crippen LogP contribution in [0.15, 0.2) is 24.3 Å². The predicted octanol–water partition coefficient (Wildman–Crippen LogP) is 1.50. The highest BCUT2D eigenvalue weighted by atomic mass is 35.5. The normalized spacial score (nSPS) is 8.20. The van der Waals surface area contributed by atoms with Crippen molar-refractivity contribution in [2.45, 2.75) is 0 Å². The zero-order valence-electron chi connectivity index (χ0n) is 5.08. The predicted molar refractivity (Wildman–Crippen MR) is 38.5 cm³/mol. The summed E-state index contributed by atoms with van der Waals surface area (Å²) in [7, 11) is 0. The maximum absolute atomic E-state index is 12.1. The lowest BCUT2D eigenvalue weighted by Gasteiger charge is -1.94. The smallest absolute Gasteiger partial charge is 0.147 e. The van der Waals surface area contributed by atoms with Gasteiger partial charge in [0.25, 0.3) is 0 Å². The molecule has 1 aromatic carbocycles. The molecule has 0 aliphatic heterocycles. The summed E-state index contributed by atoms with van der Waals surface area (Å²) < 4.78 is 12.1. The van der Waals surface area contributed by atoms with Crippen molar-refractivity contribution in [1.82, 2.24) is 0 Å². The highest BCUT2D eigenvalue weighted by Gasteiger charge is 1.89. The molecule has 1 aromatic rings. The molecule has 0 fully saturated rings. The van der Waals surface area contributed by atoms with E-state index in [0.717, 1.165) is 0 Å². The molecular weight excluding hydrogens is 157 g/mol. The fourth-order valence-electron chi connectivity index (χ4n) is 0.513. The monoisotopic (exact) mass is 163 g/mol. The van der Waals surface area contributed by atoms with Gasteiger partial charge in [-0.25, -0.2) is 4.39 Å². The van der Waals surface area contributed by atoms with Crippen molar-refractivity contribution in [2.24, 2.45) is 5.90 Å². The molecule has 56 valence electrons. The zero-order chi connectivity index (χ0) is 6.69. The second kappa shape index (κ2) is 4.09. The molecular formula is C6H7ClFNO. The Bertz CT molecular complexity index is 189. The van der Waals surface area contributed by atoms with E-state index >= 15 is 0 Å². The first-order chi connectivity index (χ1) is 4.33. The molecule has 0 radical (unpaired) electrons. The summed E-state index contributed by atoms with van der Waals surface area (Å²) >= 11 is 0. The summed E-state index contributed by atoms with van der Waals surface area (Å²) in [5.41, 5.74) is 0.